The van der Waals surface area contributed by atoms with Crippen LogP contribution in [0.4, 0.5) is 0 Å². The van der Waals surface area contributed by atoms with Crippen LogP contribution >= 0.6 is 0 Å². The van der Waals surface area contributed by atoms with Crippen LogP contribution in [-0.4, -0.2) is 23.7 Å². The minimum Gasteiger partial charge on any atom is -0.365 e. The molecule has 0 saturated carbocycles. The minimum absolute atomic E-state index is 0.272. The summed E-state index contributed by atoms with van der Waals surface area (Å²) in [4.78, 5) is 10.9. The highest BCUT2D eigenvalue weighted by Crippen LogP contribution is 2.10. The summed E-state index contributed by atoms with van der Waals surface area (Å²) < 4.78 is 0. The van der Waals surface area contributed by atoms with E-state index in [1.807, 2.05) is 45.1 Å². The number of hydrogen-bond acceptors (Lipinski definition) is 3. The predicted molar refractivity (Wildman–Crippen MR) is 81.5 cm³/mol. The average molecular weight is 261 g/mol. The molecule has 0 fully saturated rings. The number of allylic oxidation sites excluding steroid dienone is 7. The predicted octanol–water partition coefficient (Wildman–Crippen LogP) is 2.76. The summed E-state index contributed by atoms with van der Waals surface area (Å²) in [5.41, 5.74) is 8.34. The van der Waals surface area contributed by atoms with E-state index >= 15 is 0 Å². The Labute approximate surface area is 115 Å². The van der Waals surface area contributed by atoms with Gasteiger partial charge in [0.15, 0.2) is 0 Å². The summed E-state index contributed by atoms with van der Waals surface area (Å²) in [7, 11) is 1.77. The lowest BCUT2D eigenvalue weighted by Crippen LogP contribution is -2.23. The average Bonchev–Trinajstić information content (AvgIpc) is 2.35. The van der Waals surface area contributed by atoms with Gasteiger partial charge >= 0.3 is 0 Å². The van der Waals surface area contributed by atoms with E-state index in [2.05, 4.69) is 11.7 Å². The number of hydrogen-bond donors (Lipinski definition) is 1. The van der Waals surface area contributed by atoms with Crippen LogP contribution in [0.5, 0.6) is 0 Å². The van der Waals surface area contributed by atoms with Crippen molar-refractivity contribution in [3.8, 4) is 0 Å². The zero-order valence-electron chi connectivity index (χ0n) is 12.4. The Kier molecular flexibility index (Phi) is 7.19. The molecule has 0 atom stereocenters. The van der Waals surface area contributed by atoms with E-state index in [4.69, 9.17) is 5.73 Å². The minimum atomic E-state index is -0.521. The van der Waals surface area contributed by atoms with Gasteiger partial charge in [0.1, 0.15) is 5.71 Å². The first kappa shape index (κ1) is 16.9. The Morgan fingerprint density at radius 2 is 1.84 bits per heavy atom. The SMILES string of the molecule is C=C(C=CC)C(C)=CC=C(C)N(C)N=C(C)C(N)=O. The molecule has 19 heavy (non-hydrogen) atoms. The van der Waals surface area contributed by atoms with Gasteiger partial charge in [-0.15, -0.1) is 0 Å². The second kappa shape index (κ2) is 8.08. The summed E-state index contributed by atoms with van der Waals surface area (Å²) in [5.74, 6) is -0.521. The summed E-state index contributed by atoms with van der Waals surface area (Å²) in [6, 6.07) is 0. The lowest BCUT2D eigenvalue weighted by Gasteiger charge is -2.13. The maximum atomic E-state index is 10.9. The van der Waals surface area contributed by atoms with Crippen LogP contribution in [0.2, 0.25) is 0 Å². The zero-order chi connectivity index (χ0) is 15.0. The Morgan fingerprint density at radius 1 is 1.26 bits per heavy atom. The highest BCUT2D eigenvalue weighted by molar-refractivity contribution is 6.37. The van der Waals surface area contributed by atoms with Gasteiger partial charge in [-0.2, -0.15) is 5.10 Å². The molecule has 0 radical (unpaired) electrons. The number of hydrazone groups is 1. The molecule has 4 nitrogen and oxygen atoms in total. The summed E-state index contributed by atoms with van der Waals surface area (Å²) in [6.45, 7) is 11.4. The lowest BCUT2D eigenvalue weighted by atomic mass is 10.1. The molecule has 0 aromatic heterocycles. The van der Waals surface area contributed by atoms with Crippen molar-refractivity contribution in [2.45, 2.75) is 27.7 Å². The van der Waals surface area contributed by atoms with Crippen molar-refractivity contribution in [2.75, 3.05) is 7.05 Å². The molecule has 0 spiro atoms. The molecular weight excluding hydrogens is 238 g/mol. The number of carbonyl (C=O) groups excluding carboxylic acids is 1. The van der Waals surface area contributed by atoms with E-state index in [1.54, 1.807) is 19.0 Å². The molecule has 0 aliphatic carbocycles. The molecular formula is C15H23N3O. The molecule has 0 saturated heterocycles. The zero-order valence-corrected chi connectivity index (χ0v) is 12.4. The van der Waals surface area contributed by atoms with Crippen molar-refractivity contribution in [1.29, 1.82) is 0 Å². The molecule has 0 rings (SSSR count). The second-order valence-electron chi connectivity index (χ2n) is 4.26. The van der Waals surface area contributed by atoms with Gasteiger partial charge in [-0.1, -0.05) is 24.8 Å². The molecule has 0 aromatic rings. The van der Waals surface area contributed by atoms with Crippen molar-refractivity contribution >= 4 is 11.6 Å². The van der Waals surface area contributed by atoms with Gasteiger partial charge < -0.3 is 5.73 Å². The van der Waals surface area contributed by atoms with E-state index in [0.717, 1.165) is 16.8 Å². The van der Waals surface area contributed by atoms with Crippen molar-refractivity contribution in [1.82, 2.24) is 5.01 Å². The third-order valence-electron chi connectivity index (χ3n) is 2.62. The number of nitrogens with two attached hydrogens (primary N) is 1. The topological polar surface area (TPSA) is 58.7 Å². The molecule has 4 heteroatoms. The van der Waals surface area contributed by atoms with Gasteiger partial charge in [-0.3, -0.25) is 9.80 Å². The van der Waals surface area contributed by atoms with Crippen LogP contribution in [0.15, 0.2) is 52.8 Å². The van der Waals surface area contributed by atoms with E-state index in [1.165, 1.54) is 0 Å². The van der Waals surface area contributed by atoms with E-state index in [-0.39, 0.29) is 5.71 Å². The number of nitrogens with zero attached hydrogens (tertiary/aromatic N) is 2. The molecule has 1 amide bonds. The second-order valence-corrected chi connectivity index (χ2v) is 4.26. The number of carbonyl (C=O) groups is 1. The fourth-order valence-corrected chi connectivity index (χ4v) is 1.15. The Hall–Kier alpha value is -2.10. The molecule has 0 heterocycles. The van der Waals surface area contributed by atoms with Crippen molar-refractivity contribution in [3.05, 3.63) is 47.7 Å². The first-order chi connectivity index (χ1) is 8.79. The standard InChI is InChI=1S/C15H23N3O/c1-7-8-11(2)12(3)9-10-13(4)18(6)17-14(5)15(16)19/h7-10H,2H2,1,3-6H3,(H2,16,19). The van der Waals surface area contributed by atoms with Crippen LogP contribution < -0.4 is 5.73 Å². The molecule has 0 aromatic carbocycles. The quantitative estimate of drug-likeness (QED) is 0.454. The highest BCUT2D eigenvalue weighted by atomic mass is 16.1. The van der Waals surface area contributed by atoms with Gasteiger partial charge in [0.2, 0.25) is 0 Å². The normalized spacial score (nSPS) is 13.8. The van der Waals surface area contributed by atoms with E-state index in [0.29, 0.717) is 0 Å². The van der Waals surface area contributed by atoms with Crippen LogP contribution in [0.3, 0.4) is 0 Å². The van der Waals surface area contributed by atoms with Crippen LogP contribution in [0, 0.1) is 0 Å². The molecule has 0 aliphatic rings. The van der Waals surface area contributed by atoms with Crippen molar-refractivity contribution in [2.24, 2.45) is 10.8 Å². The van der Waals surface area contributed by atoms with Gasteiger partial charge in [-0.25, -0.2) is 0 Å². The molecule has 0 unspecified atom stereocenters. The third kappa shape index (κ3) is 6.41. The smallest absolute Gasteiger partial charge is 0.264 e. The maximum Gasteiger partial charge on any atom is 0.264 e. The first-order valence-corrected chi connectivity index (χ1v) is 6.05. The number of primary amides is 1. The van der Waals surface area contributed by atoms with Crippen molar-refractivity contribution in [3.63, 3.8) is 0 Å². The number of rotatable bonds is 6. The Bertz CT molecular complexity index is 468. The highest BCUT2D eigenvalue weighted by Gasteiger charge is 2.02. The fourth-order valence-electron chi connectivity index (χ4n) is 1.15. The van der Waals surface area contributed by atoms with Crippen LogP contribution in [0.25, 0.3) is 0 Å². The van der Waals surface area contributed by atoms with Crippen LogP contribution in [-0.2, 0) is 4.79 Å². The monoisotopic (exact) mass is 261 g/mol. The molecule has 2 N–H and O–H groups in total. The summed E-state index contributed by atoms with van der Waals surface area (Å²) in [5, 5.41) is 5.69. The van der Waals surface area contributed by atoms with Gasteiger partial charge in [0, 0.05) is 12.7 Å². The summed E-state index contributed by atoms with van der Waals surface area (Å²) >= 11 is 0. The fraction of sp³-hybridized carbons (Fsp3) is 0.333. The lowest BCUT2D eigenvalue weighted by molar-refractivity contribution is -0.112. The van der Waals surface area contributed by atoms with E-state index < -0.39 is 5.91 Å². The van der Waals surface area contributed by atoms with Gasteiger partial charge in [-0.05, 0) is 44.9 Å². The number of amides is 1. The van der Waals surface area contributed by atoms with Crippen molar-refractivity contribution < 1.29 is 4.79 Å². The maximum absolute atomic E-state index is 10.9. The largest absolute Gasteiger partial charge is 0.365 e. The Balaban J connectivity index is 4.92. The molecule has 0 bridgehead atoms. The Morgan fingerprint density at radius 3 is 2.32 bits per heavy atom. The van der Waals surface area contributed by atoms with Crippen LogP contribution in [0.1, 0.15) is 27.7 Å². The van der Waals surface area contributed by atoms with Gasteiger partial charge in [0.05, 0.1) is 0 Å². The molecule has 104 valence electrons. The van der Waals surface area contributed by atoms with Gasteiger partial charge in [0.25, 0.3) is 5.91 Å². The first-order valence-electron chi connectivity index (χ1n) is 6.05. The third-order valence-corrected chi connectivity index (χ3v) is 2.62. The van der Waals surface area contributed by atoms with E-state index in [9.17, 15) is 4.79 Å². The summed E-state index contributed by atoms with van der Waals surface area (Å²) in [6.07, 6.45) is 7.78. The molecule has 0 aliphatic heterocycles.